The van der Waals surface area contributed by atoms with Crippen LogP contribution < -0.4 is 4.74 Å². The van der Waals surface area contributed by atoms with Crippen molar-refractivity contribution < 1.29 is 19.4 Å². The smallest absolute Gasteiger partial charge is 0.409 e. The molecule has 2 aliphatic rings. The summed E-state index contributed by atoms with van der Waals surface area (Å²) in [6, 6.07) is 10.2. The number of β-amino-alcohol motifs (C(OH)–C–C–N with tert-alkyl or cyclic N) is 1. The van der Waals surface area contributed by atoms with Gasteiger partial charge in [0.1, 0.15) is 18.0 Å². The van der Waals surface area contributed by atoms with Gasteiger partial charge in [-0.1, -0.05) is 6.07 Å². The molecule has 0 aliphatic carbocycles. The van der Waals surface area contributed by atoms with Gasteiger partial charge in [0, 0.05) is 43.8 Å². The van der Waals surface area contributed by atoms with E-state index in [4.69, 9.17) is 9.47 Å². The van der Waals surface area contributed by atoms with E-state index in [2.05, 4.69) is 9.88 Å². The number of hydrogen-bond acceptors (Lipinski definition) is 6. The van der Waals surface area contributed by atoms with Gasteiger partial charge in [-0.15, -0.1) is 0 Å². The van der Waals surface area contributed by atoms with Crippen molar-refractivity contribution in [1.29, 1.82) is 0 Å². The van der Waals surface area contributed by atoms with Gasteiger partial charge in [-0.25, -0.2) is 4.79 Å². The fraction of sp³-hybridized carbons (Fsp3) is 0.545. The van der Waals surface area contributed by atoms with Crippen LogP contribution in [0.15, 0.2) is 36.5 Å². The molecule has 0 unspecified atom stereocenters. The number of ether oxygens (including phenoxy) is 2. The van der Waals surface area contributed by atoms with Crippen molar-refractivity contribution in [1.82, 2.24) is 14.8 Å². The lowest BCUT2D eigenvalue weighted by Crippen LogP contribution is -2.55. The van der Waals surface area contributed by atoms with E-state index in [1.165, 1.54) is 0 Å². The van der Waals surface area contributed by atoms with Crippen LogP contribution in [0.3, 0.4) is 0 Å². The number of benzene rings is 1. The summed E-state index contributed by atoms with van der Waals surface area (Å²) in [6.45, 7) is 5.15. The number of aliphatic hydroxyl groups excluding tert-OH is 1. The third-order valence-electron chi connectivity index (χ3n) is 5.92. The number of amides is 1. The number of rotatable bonds is 4. The van der Waals surface area contributed by atoms with Crippen molar-refractivity contribution >= 4 is 17.0 Å². The number of hydrogen-bond donors (Lipinski definition) is 1. The number of piperidine rings is 2. The molecule has 3 heterocycles. The molecule has 0 bridgehead atoms. The summed E-state index contributed by atoms with van der Waals surface area (Å²) < 4.78 is 11.2. The van der Waals surface area contributed by atoms with Crippen LogP contribution in [0.4, 0.5) is 4.79 Å². The molecule has 0 saturated carbocycles. The van der Waals surface area contributed by atoms with E-state index in [9.17, 15) is 9.90 Å². The van der Waals surface area contributed by atoms with E-state index in [0.717, 1.165) is 42.5 Å². The number of carbonyl (C=O) groups is 1. The third-order valence-corrected chi connectivity index (χ3v) is 5.92. The minimum absolute atomic E-state index is 0.208. The quantitative estimate of drug-likeness (QED) is 0.852. The maximum atomic E-state index is 11.9. The standard InChI is InChI=1S/C22H29N3O4/c1-2-28-22(27)24-11-7-17(8-12-24)25-13-9-21(20(26)15-25)29-18-5-6-19-16(14-18)4-3-10-23-19/h3-6,10,14,17,20-21,26H,2,7-9,11-13,15H2,1H3/t20-,21-/m1/s1. The zero-order chi connectivity index (χ0) is 20.2. The molecule has 156 valence electrons. The summed E-state index contributed by atoms with van der Waals surface area (Å²) in [7, 11) is 0. The molecular formula is C22H29N3O4. The zero-order valence-electron chi connectivity index (χ0n) is 16.9. The highest BCUT2D eigenvalue weighted by Crippen LogP contribution is 2.26. The van der Waals surface area contributed by atoms with Gasteiger partial charge < -0.3 is 19.5 Å². The predicted molar refractivity (Wildman–Crippen MR) is 110 cm³/mol. The number of nitrogens with zero attached hydrogens (tertiary/aromatic N) is 3. The lowest BCUT2D eigenvalue weighted by atomic mass is 9.97. The van der Waals surface area contributed by atoms with Crippen LogP contribution >= 0.6 is 0 Å². The van der Waals surface area contributed by atoms with Gasteiger partial charge in [0.2, 0.25) is 0 Å². The van der Waals surface area contributed by atoms with E-state index >= 15 is 0 Å². The Morgan fingerprint density at radius 1 is 1.21 bits per heavy atom. The van der Waals surface area contributed by atoms with Gasteiger partial charge >= 0.3 is 6.09 Å². The average Bonchev–Trinajstić information content (AvgIpc) is 2.75. The molecule has 2 aromatic rings. The Morgan fingerprint density at radius 2 is 2.03 bits per heavy atom. The molecule has 2 atom stereocenters. The first-order chi connectivity index (χ1) is 14.1. The van der Waals surface area contributed by atoms with Crippen molar-refractivity contribution in [2.24, 2.45) is 0 Å². The molecule has 2 saturated heterocycles. The zero-order valence-corrected chi connectivity index (χ0v) is 16.9. The molecule has 1 amide bonds. The molecule has 1 aromatic heterocycles. The second-order valence-electron chi connectivity index (χ2n) is 7.78. The molecule has 7 heteroatoms. The lowest BCUT2D eigenvalue weighted by Gasteiger charge is -2.43. The van der Waals surface area contributed by atoms with Gasteiger partial charge in [-0.05, 0) is 50.5 Å². The van der Waals surface area contributed by atoms with E-state index in [-0.39, 0.29) is 12.2 Å². The molecule has 29 heavy (non-hydrogen) atoms. The SMILES string of the molecule is CCOC(=O)N1CCC(N2CC[C@@H](Oc3ccc4ncccc4c3)[C@H](O)C2)CC1. The van der Waals surface area contributed by atoms with Crippen molar-refractivity contribution in [2.45, 2.75) is 44.4 Å². The number of aromatic nitrogens is 1. The Bertz CT molecular complexity index is 838. The minimum Gasteiger partial charge on any atom is -0.488 e. The number of aliphatic hydroxyl groups is 1. The van der Waals surface area contributed by atoms with Crippen LogP contribution in [-0.2, 0) is 4.74 Å². The van der Waals surface area contributed by atoms with Crippen molar-refractivity contribution in [3.05, 3.63) is 36.5 Å². The van der Waals surface area contributed by atoms with Crippen molar-refractivity contribution in [3.63, 3.8) is 0 Å². The van der Waals surface area contributed by atoms with Crippen molar-refractivity contribution in [2.75, 3.05) is 32.8 Å². The first-order valence-electron chi connectivity index (χ1n) is 10.5. The number of fused-ring (bicyclic) bond motifs is 1. The Kier molecular flexibility index (Phi) is 6.16. The van der Waals surface area contributed by atoms with Gasteiger partial charge in [0.25, 0.3) is 0 Å². The lowest BCUT2D eigenvalue weighted by molar-refractivity contribution is -0.0443. The van der Waals surface area contributed by atoms with Crippen molar-refractivity contribution in [3.8, 4) is 5.75 Å². The first-order valence-corrected chi connectivity index (χ1v) is 10.5. The number of likely N-dealkylation sites (tertiary alicyclic amines) is 2. The Balaban J connectivity index is 1.30. The van der Waals surface area contributed by atoms with Crippen LogP contribution in [0.5, 0.6) is 5.75 Å². The summed E-state index contributed by atoms with van der Waals surface area (Å²) in [6.07, 6.45) is 3.42. The average molecular weight is 399 g/mol. The molecule has 2 fully saturated rings. The monoisotopic (exact) mass is 399 g/mol. The number of carbonyl (C=O) groups excluding carboxylic acids is 1. The summed E-state index contributed by atoms with van der Waals surface area (Å²) in [4.78, 5) is 20.3. The third kappa shape index (κ3) is 4.62. The summed E-state index contributed by atoms with van der Waals surface area (Å²) in [5, 5.41) is 11.7. The van der Waals surface area contributed by atoms with Crippen LogP contribution in [0.2, 0.25) is 0 Å². The molecule has 2 aliphatic heterocycles. The predicted octanol–water partition coefficient (Wildman–Crippen LogP) is 2.67. The normalized spacial score (nSPS) is 23.9. The van der Waals surface area contributed by atoms with Crippen LogP contribution in [0.25, 0.3) is 10.9 Å². The van der Waals surface area contributed by atoms with Crippen LogP contribution in [-0.4, -0.2) is 77.0 Å². The molecular weight excluding hydrogens is 370 g/mol. The first kappa shape index (κ1) is 19.9. The van der Waals surface area contributed by atoms with Gasteiger partial charge in [-0.3, -0.25) is 9.88 Å². The van der Waals surface area contributed by atoms with Crippen LogP contribution in [0, 0.1) is 0 Å². The Morgan fingerprint density at radius 3 is 2.79 bits per heavy atom. The minimum atomic E-state index is -0.531. The molecule has 7 nitrogen and oxygen atoms in total. The Labute approximate surface area is 171 Å². The maximum Gasteiger partial charge on any atom is 0.409 e. The number of pyridine rings is 1. The fourth-order valence-corrected chi connectivity index (χ4v) is 4.33. The summed E-state index contributed by atoms with van der Waals surface area (Å²) in [5.74, 6) is 0.769. The highest BCUT2D eigenvalue weighted by Gasteiger charge is 2.34. The fourth-order valence-electron chi connectivity index (χ4n) is 4.33. The summed E-state index contributed by atoms with van der Waals surface area (Å²) in [5.41, 5.74) is 0.935. The van der Waals surface area contributed by atoms with Gasteiger partial charge in [0.15, 0.2) is 0 Å². The molecule has 4 rings (SSSR count). The van der Waals surface area contributed by atoms with Gasteiger partial charge in [0.05, 0.1) is 12.1 Å². The second-order valence-corrected chi connectivity index (χ2v) is 7.78. The highest BCUT2D eigenvalue weighted by atomic mass is 16.6. The van der Waals surface area contributed by atoms with E-state index in [0.29, 0.717) is 32.3 Å². The molecule has 0 radical (unpaired) electrons. The van der Waals surface area contributed by atoms with E-state index < -0.39 is 6.10 Å². The van der Waals surface area contributed by atoms with E-state index in [1.807, 2.05) is 37.3 Å². The molecule has 1 aromatic carbocycles. The molecule has 0 spiro atoms. The largest absolute Gasteiger partial charge is 0.488 e. The second kappa shape index (κ2) is 8.97. The highest BCUT2D eigenvalue weighted by molar-refractivity contribution is 5.79. The van der Waals surface area contributed by atoms with E-state index in [1.54, 1.807) is 11.1 Å². The topological polar surface area (TPSA) is 75.1 Å². The van der Waals surface area contributed by atoms with Gasteiger partial charge in [-0.2, -0.15) is 0 Å². The maximum absolute atomic E-state index is 11.9. The van der Waals surface area contributed by atoms with Crippen LogP contribution in [0.1, 0.15) is 26.2 Å². The molecule has 1 N–H and O–H groups in total. The summed E-state index contributed by atoms with van der Waals surface area (Å²) >= 11 is 0. The Hall–Kier alpha value is -2.38.